The monoisotopic (exact) mass is 418 g/mol. The van der Waals surface area contributed by atoms with Crippen molar-refractivity contribution in [2.24, 2.45) is 0 Å². The predicted molar refractivity (Wildman–Crippen MR) is 113 cm³/mol. The topological polar surface area (TPSA) is 84.2 Å². The molecule has 4 aromatic rings. The third-order valence-electron chi connectivity index (χ3n) is 6.06. The minimum Gasteiger partial charge on any atom is -0.496 e. The highest BCUT2D eigenvalue weighted by molar-refractivity contribution is 6.02. The Balaban J connectivity index is 1.76. The minimum absolute atomic E-state index is 0.228. The third-order valence-corrected chi connectivity index (χ3v) is 6.06. The van der Waals surface area contributed by atoms with Crippen LogP contribution in [-0.4, -0.2) is 25.0 Å². The summed E-state index contributed by atoms with van der Waals surface area (Å²) in [6.07, 6.45) is -2.22. The zero-order valence-corrected chi connectivity index (χ0v) is 17.1. The normalized spacial score (nSPS) is 21.3. The molecule has 7 heteroatoms. The molecule has 3 heterocycles. The van der Waals surface area contributed by atoms with Crippen LogP contribution in [-0.2, 0) is 9.47 Å². The second kappa shape index (κ2) is 5.91. The van der Waals surface area contributed by atoms with Gasteiger partial charge < -0.3 is 23.4 Å². The molecule has 156 valence electrons. The van der Waals surface area contributed by atoms with Gasteiger partial charge in [-0.15, -0.1) is 0 Å². The molecule has 2 aliphatic rings. The van der Waals surface area contributed by atoms with Crippen molar-refractivity contribution in [3.05, 3.63) is 58.3 Å². The predicted octanol–water partition coefficient (Wildman–Crippen LogP) is 4.86. The summed E-state index contributed by atoms with van der Waals surface area (Å²) in [5.41, 5.74) is 0.103. The van der Waals surface area contributed by atoms with Crippen LogP contribution in [0.2, 0.25) is 0 Å². The highest BCUT2D eigenvalue weighted by Gasteiger charge is 2.54. The molecule has 1 fully saturated rings. The maximum absolute atomic E-state index is 13.6. The van der Waals surface area contributed by atoms with Crippen LogP contribution in [0.4, 0.5) is 4.79 Å². The molecule has 0 bridgehead atoms. The number of benzene rings is 3. The Bertz CT molecular complexity index is 1480. The maximum Gasteiger partial charge on any atom is 0.509 e. The van der Waals surface area contributed by atoms with Crippen molar-refractivity contribution in [2.75, 3.05) is 7.11 Å². The first-order chi connectivity index (χ1) is 14.9. The van der Waals surface area contributed by atoms with Crippen LogP contribution in [0, 0.1) is 0 Å². The Kier molecular flexibility index (Phi) is 3.44. The molecule has 0 spiro atoms. The van der Waals surface area contributed by atoms with Crippen molar-refractivity contribution >= 4 is 38.9 Å². The summed E-state index contributed by atoms with van der Waals surface area (Å²) in [4.78, 5) is 25.5. The van der Waals surface area contributed by atoms with Crippen LogP contribution in [0.15, 0.2) is 51.7 Å². The minimum atomic E-state index is -0.837. The van der Waals surface area contributed by atoms with Gasteiger partial charge in [0.15, 0.2) is 17.8 Å². The van der Waals surface area contributed by atoms with E-state index in [9.17, 15) is 9.59 Å². The summed E-state index contributed by atoms with van der Waals surface area (Å²) < 4.78 is 28.8. The van der Waals surface area contributed by atoms with E-state index in [0.717, 1.165) is 10.8 Å². The number of fused-ring (bicyclic) bond motifs is 7. The SMILES string of the molecule is COc1cc2c(c3oc4cc5ccccc5cc4c(=O)c13)[C@H]1OC(=O)O[C@H]1C(C)(C)O2. The van der Waals surface area contributed by atoms with Gasteiger partial charge in [0, 0.05) is 6.07 Å². The number of hydrogen-bond donors (Lipinski definition) is 0. The van der Waals surface area contributed by atoms with Crippen molar-refractivity contribution in [2.45, 2.75) is 31.7 Å². The third kappa shape index (κ3) is 2.40. The quantitative estimate of drug-likeness (QED) is 0.322. The lowest BCUT2D eigenvalue weighted by atomic mass is 9.87. The van der Waals surface area contributed by atoms with Crippen molar-refractivity contribution in [1.29, 1.82) is 0 Å². The number of carbonyl (C=O) groups excluding carboxylic acids is 1. The lowest BCUT2D eigenvalue weighted by Gasteiger charge is -2.38. The summed E-state index contributed by atoms with van der Waals surface area (Å²) in [6.45, 7) is 3.63. The number of methoxy groups -OCH3 is 1. The smallest absolute Gasteiger partial charge is 0.496 e. The van der Waals surface area contributed by atoms with E-state index in [-0.39, 0.29) is 16.4 Å². The Morgan fingerprint density at radius 1 is 1.00 bits per heavy atom. The second-order valence-electron chi connectivity index (χ2n) is 8.35. The first-order valence-corrected chi connectivity index (χ1v) is 9.94. The van der Waals surface area contributed by atoms with Gasteiger partial charge in [-0.25, -0.2) is 4.79 Å². The van der Waals surface area contributed by atoms with Crippen LogP contribution >= 0.6 is 0 Å². The van der Waals surface area contributed by atoms with Gasteiger partial charge in [-0.1, -0.05) is 24.3 Å². The number of rotatable bonds is 1. The summed E-state index contributed by atoms with van der Waals surface area (Å²) in [7, 11) is 1.49. The lowest BCUT2D eigenvalue weighted by molar-refractivity contribution is -0.0501. The van der Waals surface area contributed by atoms with E-state index in [2.05, 4.69) is 0 Å². The molecule has 3 aromatic carbocycles. The Labute approximate surface area is 176 Å². The molecule has 0 unspecified atom stereocenters. The van der Waals surface area contributed by atoms with E-state index in [1.807, 2.05) is 50.2 Å². The van der Waals surface area contributed by atoms with Gasteiger partial charge >= 0.3 is 6.16 Å². The lowest BCUT2D eigenvalue weighted by Crippen LogP contribution is -2.47. The average molecular weight is 418 g/mol. The van der Waals surface area contributed by atoms with Crippen molar-refractivity contribution in [3.8, 4) is 11.5 Å². The maximum atomic E-state index is 13.6. The molecule has 1 saturated heterocycles. The number of hydrogen-bond acceptors (Lipinski definition) is 7. The molecule has 0 saturated carbocycles. The molecule has 0 amide bonds. The van der Waals surface area contributed by atoms with Crippen molar-refractivity contribution < 1.29 is 28.2 Å². The fraction of sp³-hybridized carbons (Fsp3) is 0.250. The van der Waals surface area contributed by atoms with E-state index in [4.69, 9.17) is 23.4 Å². The summed E-state index contributed by atoms with van der Waals surface area (Å²) in [5.74, 6) is 0.759. The molecule has 31 heavy (non-hydrogen) atoms. The highest BCUT2D eigenvalue weighted by Crippen LogP contribution is 2.51. The van der Waals surface area contributed by atoms with Crippen LogP contribution in [0.3, 0.4) is 0 Å². The largest absolute Gasteiger partial charge is 0.509 e. The van der Waals surface area contributed by atoms with Crippen LogP contribution in [0.1, 0.15) is 25.5 Å². The first kappa shape index (κ1) is 18.1. The van der Waals surface area contributed by atoms with Gasteiger partial charge in [-0.2, -0.15) is 0 Å². The van der Waals surface area contributed by atoms with Gasteiger partial charge in [-0.3, -0.25) is 4.79 Å². The molecular weight excluding hydrogens is 400 g/mol. The summed E-state index contributed by atoms with van der Waals surface area (Å²) in [6, 6.07) is 13.0. The number of ether oxygens (including phenoxy) is 4. The Morgan fingerprint density at radius 3 is 2.48 bits per heavy atom. The highest BCUT2D eigenvalue weighted by atomic mass is 16.8. The fourth-order valence-electron chi connectivity index (χ4n) is 4.61. The zero-order chi connectivity index (χ0) is 21.5. The van der Waals surface area contributed by atoms with E-state index < -0.39 is 24.0 Å². The van der Waals surface area contributed by atoms with Gasteiger partial charge in [0.2, 0.25) is 5.43 Å². The van der Waals surface area contributed by atoms with E-state index in [1.54, 1.807) is 6.07 Å². The molecule has 2 aliphatic heterocycles. The van der Waals surface area contributed by atoms with Gasteiger partial charge in [-0.05, 0) is 36.8 Å². The zero-order valence-electron chi connectivity index (χ0n) is 17.1. The van der Waals surface area contributed by atoms with Gasteiger partial charge in [0.25, 0.3) is 0 Å². The molecule has 0 aliphatic carbocycles. The van der Waals surface area contributed by atoms with E-state index in [0.29, 0.717) is 28.0 Å². The molecule has 6 rings (SSSR count). The van der Waals surface area contributed by atoms with Crippen LogP contribution in [0.5, 0.6) is 11.5 Å². The molecule has 7 nitrogen and oxygen atoms in total. The molecule has 1 aromatic heterocycles. The van der Waals surface area contributed by atoms with Gasteiger partial charge in [0.05, 0.1) is 18.1 Å². The molecule has 2 atom stereocenters. The van der Waals surface area contributed by atoms with Crippen LogP contribution in [0.25, 0.3) is 32.7 Å². The van der Waals surface area contributed by atoms with E-state index in [1.165, 1.54) is 7.11 Å². The Hall–Kier alpha value is -3.74. The Morgan fingerprint density at radius 2 is 1.74 bits per heavy atom. The first-order valence-electron chi connectivity index (χ1n) is 9.94. The van der Waals surface area contributed by atoms with Crippen molar-refractivity contribution in [1.82, 2.24) is 0 Å². The van der Waals surface area contributed by atoms with Crippen molar-refractivity contribution in [3.63, 3.8) is 0 Å². The second-order valence-corrected chi connectivity index (χ2v) is 8.35. The molecule has 0 radical (unpaired) electrons. The van der Waals surface area contributed by atoms with Gasteiger partial charge in [0.1, 0.15) is 28.1 Å². The summed E-state index contributed by atoms with van der Waals surface area (Å²) in [5, 5.41) is 2.59. The van der Waals surface area contributed by atoms with Crippen LogP contribution < -0.4 is 14.9 Å². The van der Waals surface area contributed by atoms with E-state index >= 15 is 0 Å². The summed E-state index contributed by atoms with van der Waals surface area (Å²) >= 11 is 0. The molecular formula is C24H18O7. The molecule has 0 N–H and O–H groups in total. The average Bonchev–Trinajstić information content (AvgIpc) is 3.14. The fourth-order valence-corrected chi connectivity index (χ4v) is 4.61. The standard InChI is InChI=1S/C24H18O7/c1-24(2)22-21(29-23(26)30-22)18-16(31-24)10-15(27-3)17-19(25)13-8-11-6-4-5-7-12(11)9-14(13)28-20(17)18/h4-10,21-22H,1-3H3/t21-,22-/m1/s1. The number of carbonyl (C=O) groups is 1.